The minimum atomic E-state index is 0.113. The average molecular weight is 222 g/mol. The summed E-state index contributed by atoms with van der Waals surface area (Å²) in [5.74, 6) is 1.85. The van der Waals surface area contributed by atoms with E-state index in [-0.39, 0.29) is 5.92 Å². The molecule has 17 heavy (non-hydrogen) atoms. The van der Waals surface area contributed by atoms with Crippen molar-refractivity contribution in [1.29, 1.82) is 0 Å². The molecule has 0 saturated carbocycles. The quantitative estimate of drug-likeness (QED) is 0.617. The number of carbonyl (C=O) groups excluding carboxylic acids is 1. The molecule has 1 aromatic carbocycles. The summed E-state index contributed by atoms with van der Waals surface area (Å²) in [7, 11) is 0. The van der Waals surface area contributed by atoms with Gasteiger partial charge in [0.1, 0.15) is 0 Å². The second-order valence-corrected chi connectivity index (χ2v) is 5.34. The van der Waals surface area contributed by atoms with Gasteiger partial charge in [-0.1, -0.05) is 42.5 Å². The van der Waals surface area contributed by atoms with Crippen LogP contribution in [0.1, 0.15) is 17.0 Å². The van der Waals surface area contributed by atoms with Gasteiger partial charge in [-0.15, -0.1) is 0 Å². The van der Waals surface area contributed by atoms with E-state index >= 15 is 0 Å². The maximum atomic E-state index is 12.0. The summed E-state index contributed by atoms with van der Waals surface area (Å²) in [6, 6.07) is 8.69. The Hall–Kier alpha value is -1.63. The number of rotatable bonds is 0. The zero-order chi connectivity index (χ0) is 11.4. The van der Waals surface area contributed by atoms with Crippen LogP contribution in [-0.4, -0.2) is 5.78 Å². The molecule has 0 spiro atoms. The monoisotopic (exact) mass is 222 g/mol. The molecule has 4 aliphatic rings. The van der Waals surface area contributed by atoms with Gasteiger partial charge in [0.2, 0.25) is 0 Å². The molecule has 5 rings (SSSR count). The molecule has 0 heterocycles. The van der Waals surface area contributed by atoms with E-state index < -0.39 is 0 Å². The maximum absolute atomic E-state index is 12.0. The molecule has 0 saturated heterocycles. The zero-order valence-corrected chi connectivity index (χ0v) is 9.54. The summed E-state index contributed by atoms with van der Waals surface area (Å²) < 4.78 is 0. The number of hydrogen-bond donors (Lipinski definition) is 0. The van der Waals surface area contributed by atoms with Crippen LogP contribution in [0.3, 0.4) is 0 Å². The van der Waals surface area contributed by atoms with E-state index in [1.54, 1.807) is 6.08 Å². The van der Waals surface area contributed by atoms with Crippen molar-refractivity contribution in [2.75, 3.05) is 0 Å². The zero-order valence-electron chi connectivity index (χ0n) is 9.54. The van der Waals surface area contributed by atoms with Crippen molar-refractivity contribution in [2.45, 2.75) is 12.3 Å². The smallest absolute Gasteiger partial charge is 0.162 e. The van der Waals surface area contributed by atoms with Gasteiger partial charge in [-0.05, 0) is 35.5 Å². The summed E-state index contributed by atoms with van der Waals surface area (Å²) in [5, 5.41) is 0. The average Bonchev–Trinajstić information content (AvgIpc) is 2.59. The van der Waals surface area contributed by atoms with Crippen molar-refractivity contribution >= 4 is 5.78 Å². The molecule has 1 aromatic rings. The van der Waals surface area contributed by atoms with Crippen LogP contribution in [0.4, 0.5) is 0 Å². The van der Waals surface area contributed by atoms with E-state index in [4.69, 9.17) is 0 Å². The summed E-state index contributed by atoms with van der Waals surface area (Å²) >= 11 is 0. The lowest BCUT2D eigenvalue weighted by Gasteiger charge is -2.31. The molecule has 0 fully saturated rings. The molecule has 0 unspecified atom stereocenters. The Kier molecular flexibility index (Phi) is 1.77. The molecule has 4 atom stereocenters. The van der Waals surface area contributed by atoms with Gasteiger partial charge in [-0.3, -0.25) is 4.79 Å². The highest BCUT2D eigenvalue weighted by Crippen LogP contribution is 2.51. The third-order valence-corrected chi connectivity index (χ3v) is 4.56. The number of carbonyl (C=O) groups is 1. The SMILES string of the molecule is O=C1C=C[C@@H]2C=C[C@H]1[C@H]1Cc3ccccc3[C@@H]21. The van der Waals surface area contributed by atoms with Gasteiger partial charge in [-0.2, -0.15) is 0 Å². The second kappa shape index (κ2) is 3.19. The first-order valence-corrected chi connectivity index (χ1v) is 6.33. The lowest BCUT2D eigenvalue weighted by Crippen LogP contribution is -2.28. The van der Waals surface area contributed by atoms with Crippen LogP contribution in [0.5, 0.6) is 0 Å². The molecular formula is C16H14O. The Bertz CT molecular complexity index is 552. The van der Waals surface area contributed by atoms with Crippen molar-refractivity contribution in [1.82, 2.24) is 0 Å². The fraction of sp³-hybridized carbons (Fsp3) is 0.312. The highest BCUT2D eigenvalue weighted by Gasteiger charge is 2.45. The summed E-state index contributed by atoms with van der Waals surface area (Å²) in [6.45, 7) is 0. The third kappa shape index (κ3) is 1.17. The minimum absolute atomic E-state index is 0.113. The van der Waals surface area contributed by atoms with Crippen LogP contribution < -0.4 is 0 Å². The van der Waals surface area contributed by atoms with E-state index in [9.17, 15) is 4.79 Å². The van der Waals surface area contributed by atoms with E-state index in [1.807, 2.05) is 0 Å². The van der Waals surface area contributed by atoms with Crippen LogP contribution in [0.25, 0.3) is 0 Å². The maximum Gasteiger partial charge on any atom is 0.162 e. The van der Waals surface area contributed by atoms with Gasteiger partial charge in [0.25, 0.3) is 0 Å². The molecule has 2 bridgehead atoms. The van der Waals surface area contributed by atoms with Gasteiger partial charge in [0.05, 0.1) is 0 Å². The number of benzene rings is 1. The molecule has 4 aliphatic carbocycles. The minimum Gasteiger partial charge on any atom is -0.294 e. The molecule has 0 N–H and O–H groups in total. The van der Waals surface area contributed by atoms with E-state index in [1.165, 1.54) is 11.1 Å². The first-order valence-electron chi connectivity index (χ1n) is 6.33. The van der Waals surface area contributed by atoms with Crippen molar-refractivity contribution < 1.29 is 4.79 Å². The Balaban J connectivity index is 1.90. The van der Waals surface area contributed by atoms with Crippen molar-refractivity contribution in [3.63, 3.8) is 0 Å². The Morgan fingerprint density at radius 3 is 2.88 bits per heavy atom. The fourth-order valence-corrected chi connectivity index (χ4v) is 3.82. The normalized spacial score (nSPS) is 36.8. The van der Waals surface area contributed by atoms with Gasteiger partial charge in [-0.25, -0.2) is 0 Å². The standard InChI is InChI=1S/C16H14O/c17-15-8-6-10-5-7-13(15)14-9-11-3-1-2-4-12(11)16(10)14/h1-8,10,13-14,16H,9H2/t10-,13-,14+,16+/m0/s1. The second-order valence-electron chi connectivity index (χ2n) is 5.34. The largest absolute Gasteiger partial charge is 0.294 e. The lowest BCUT2D eigenvalue weighted by atomic mass is 9.72. The van der Waals surface area contributed by atoms with Crippen LogP contribution >= 0.6 is 0 Å². The van der Waals surface area contributed by atoms with E-state index in [0.29, 0.717) is 23.5 Å². The van der Waals surface area contributed by atoms with Crippen LogP contribution in [0.2, 0.25) is 0 Å². The van der Waals surface area contributed by atoms with E-state index in [2.05, 4.69) is 42.5 Å². The Morgan fingerprint density at radius 1 is 1.06 bits per heavy atom. The predicted molar refractivity (Wildman–Crippen MR) is 66.6 cm³/mol. The van der Waals surface area contributed by atoms with Crippen LogP contribution in [-0.2, 0) is 11.2 Å². The van der Waals surface area contributed by atoms with Gasteiger partial charge in [0.15, 0.2) is 5.78 Å². The van der Waals surface area contributed by atoms with Gasteiger partial charge in [0, 0.05) is 11.8 Å². The third-order valence-electron chi connectivity index (χ3n) is 4.56. The fourth-order valence-electron chi connectivity index (χ4n) is 3.82. The van der Waals surface area contributed by atoms with Crippen molar-refractivity contribution in [3.8, 4) is 0 Å². The number of ketones is 1. The van der Waals surface area contributed by atoms with Crippen molar-refractivity contribution in [2.24, 2.45) is 17.8 Å². The van der Waals surface area contributed by atoms with Crippen molar-refractivity contribution in [3.05, 3.63) is 59.7 Å². The summed E-state index contributed by atoms with van der Waals surface area (Å²) in [6.07, 6.45) is 9.34. The first kappa shape index (κ1) is 9.41. The summed E-state index contributed by atoms with van der Waals surface area (Å²) in [5.41, 5.74) is 2.92. The molecule has 84 valence electrons. The van der Waals surface area contributed by atoms with E-state index in [0.717, 1.165) is 6.42 Å². The number of allylic oxidation sites excluding steroid dienone is 4. The Morgan fingerprint density at radius 2 is 1.94 bits per heavy atom. The highest BCUT2D eigenvalue weighted by atomic mass is 16.1. The lowest BCUT2D eigenvalue weighted by molar-refractivity contribution is -0.118. The molecule has 0 aliphatic heterocycles. The van der Waals surface area contributed by atoms with Crippen LogP contribution in [0.15, 0.2) is 48.6 Å². The van der Waals surface area contributed by atoms with Gasteiger partial charge < -0.3 is 0 Å². The molecule has 1 nitrogen and oxygen atoms in total. The number of fused-ring (bicyclic) bond motifs is 2. The highest BCUT2D eigenvalue weighted by molar-refractivity contribution is 5.94. The molecule has 0 aromatic heterocycles. The molecule has 1 heteroatoms. The topological polar surface area (TPSA) is 17.1 Å². The first-order chi connectivity index (χ1) is 8.34. The van der Waals surface area contributed by atoms with Gasteiger partial charge >= 0.3 is 0 Å². The molecule has 0 radical (unpaired) electrons. The van der Waals surface area contributed by atoms with Crippen LogP contribution in [0, 0.1) is 17.8 Å². The number of hydrogen-bond acceptors (Lipinski definition) is 1. The molecular weight excluding hydrogens is 208 g/mol. The predicted octanol–water partition coefficient (Wildman–Crippen LogP) is 2.88. The Labute approximate surface area is 101 Å². The summed E-state index contributed by atoms with van der Waals surface area (Å²) in [4.78, 5) is 12.0. The molecule has 0 amide bonds.